The van der Waals surface area contributed by atoms with E-state index in [1.165, 1.54) is 0 Å². The van der Waals surface area contributed by atoms with E-state index in [0.717, 1.165) is 26.6 Å². The summed E-state index contributed by atoms with van der Waals surface area (Å²) >= 11 is 9.50. The molecule has 0 fully saturated rings. The van der Waals surface area contributed by atoms with Crippen LogP contribution < -0.4 is 0 Å². The molecule has 2 aromatic carbocycles. The van der Waals surface area contributed by atoms with Crippen LogP contribution in [-0.4, -0.2) is 5.78 Å². The minimum absolute atomic E-state index is 0.0759. The van der Waals surface area contributed by atoms with Crippen LogP contribution in [0.5, 0.6) is 0 Å². The van der Waals surface area contributed by atoms with Crippen molar-refractivity contribution < 1.29 is 9.21 Å². The van der Waals surface area contributed by atoms with Crippen LogP contribution in [-0.2, 0) is 6.42 Å². The second-order valence-corrected chi connectivity index (χ2v) is 6.31. The van der Waals surface area contributed by atoms with Gasteiger partial charge in [-0.3, -0.25) is 4.79 Å². The van der Waals surface area contributed by atoms with Crippen LogP contribution in [0.25, 0.3) is 11.0 Å². The Hall–Kier alpha value is -1.58. The third-order valence-electron chi connectivity index (χ3n) is 3.31. The predicted molar refractivity (Wildman–Crippen MR) is 88.1 cm³/mol. The van der Waals surface area contributed by atoms with E-state index in [9.17, 15) is 4.79 Å². The molecular weight excluding hydrogens is 352 g/mol. The van der Waals surface area contributed by atoms with Crippen molar-refractivity contribution in [1.29, 1.82) is 0 Å². The summed E-state index contributed by atoms with van der Waals surface area (Å²) in [6, 6.07) is 13.1. The van der Waals surface area contributed by atoms with Gasteiger partial charge in [-0.05, 0) is 42.8 Å². The highest BCUT2D eigenvalue weighted by Gasteiger charge is 2.14. The number of aryl methyl sites for hydroxylation is 1. The minimum Gasteiger partial charge on any atom is -0.453 e. The van der Waals surface area contributed by atoms with E-state index in [0.29, 0.717) is 10.8 Å². The van der Waals surface area contributed by atoms with E-state index >= 15 is 0 Å². The number of halogens is 2. The SMILES string of the molecule is Cc1ccc2oc(C(=O)Cc3ccc(Br)cc3Cl)cc2c1. The smallest absolute Gasteiger partial charge is 0.202 e. The number of hydrogen-bond donors (Lipinski definition) is 0. The fourth-order valence-corrected chi connectivity index (χ4v) is 2.97. The Morgan fingerprint density at radius 3 is 2.76 bits per heavy atom. The lowest BCUT2D eigenvalue weighted by Crippen LogP contribution is -2.02. The van der Waals surface area contributed by atoms with Gasteiger partial charge in [0.15, 0.2) is 5.76 Å². The molecular formula is C17H12BrClO2. The molecule has 3 aromatic rings. The fraction of sp³-hybridized carbons (Fsp3) is 0.118. The molecule has 0 atom stereocenters. The zero-order chi connectivity index (χ0) is 15.0. The molecule has 4 heteroatoms. The highest BCUT2D eigenvalue weighted by molar-refractivity contribution is 9.10. The summed E-state index contributed by atoms with van der Waals surface area (Å²) in [7, 11) is 0. The van der Waals surface area contributed by atoms with Gasteiger partial charge in [0, 0.05) is 21.3 Å². The molecule has 0 spiro atoms. The Morgan fingerprint density at radius 1 is 1.19 bits per heavy atom. The number of fused-ring (bicyclic) bond motifs is 1. The molecule has 1 aromatic heterocycles. The number of Topliss-reactive ketones (excluding diaryl/α,β-unsaturated/α-hetero) is 1. The third-order valence-corrected chi connectivity index (χ3v) is 4.16. The van der Waals surface area contributed by atoms with Crippen molar-refractivity contribution in [2.24, 2.45) is 0 Å². The largest absolute Gasteiger partial charge is 0.453 e. The van der Waals surface area contributed by atoms with Crippen molar-refractivity contribution in [2.75, 3.05) is 0 Å². The minimum atomic E-state index is -0.0759. The van der Waals surface area contributed by atoms with Gasteiger partial charge in [0.1, 0.15) is 5.58 Å². The highest BCUT2D eigenvalue weighted by Crippen LogP contribution is 2.25. The van der Waals surface area contributed by atoms with Crippen LogP contribution in [0.2, 0.25) is 5.02 Å². The summed E-state index contributed by atoms with van der Waals surface area (Å²) in [6.45, 7) is 2.01. The molecule has 0 saturated carbocycles. The average Bonchev–Trinajstić information content (AvgIpc) is 2.85. The van der Waals surface area contributed by atoms with E-state index in [1.807, 2.05) is 37.3 Å². The summed E-state index contributed by atoms with van der Waals surface area (Å²) in [4.78, 5) is 12.3. The van der Waals surface area contributed by atoms with Gasteiger partial charge in [-0.1, -0.05) is 45.2 Å². The van der Waals surface area contributed by atoms with Gasteiger partial charge in [0.25, 0.3) is 0 Å². The van der Waals surface area contributed by atoms with Crippen LogP contribution >= 0.6 is 27.5 Å². The maximum Gasteiger partial charge on any atom is 0.202 e. The molecule has 0 saturated heterocycles. The lowest BCUT2D eigenvalue weighted by molar-refractivity contribution is 0.0968. The average molecular weight is 364 g/mol. The number of benzene rings is 2. The molecule has 0 aliphatic carbocycles. The molecule has 0 aliphatic rings. The predicted octanol–water partition coefficient (Wildman–Crippen LogP) is 5.58. The van der Waals surface area contributed by atoms with Crippen molar-refractivity contribution in [1.82, 2.24) is 0 Å². The maximum absolute atomic E-state index is 12.3. The summed E-state index contributed by atoms with van der Waals surface area (Å²) < 4.78 is 6.51. The summed E-state index contributed by atoms with van der Waals surface area (Å²) in [5, 5.41) is 1.52. The van der Waals surface area contributed by atoms with Crippen molar-refractivity contribution in [3.05, 3.63) is 68.8 Å². The topological polar surface area (TPSA) is 30.2 Å². The Morgan fingerprint density at radius 2 is 2.00 bits per heavy atom. The Labute approximate surface area is 135 Å². The molecule has 0 unspecified atom stereocenters. The Bertz CT molecular complexity index is 836. The lowest BCUT2D eigenvalue weighted by atomic mass is 10.1. The van der Waals surface area contributed by atoms with E-state index in [1.54, 1.807) is 12.1 Å². The number of carbonyl (C=O) groups is 1. The van der Waals surface area contributed by atoms with Crippen LogP contribution in [0.3, 0.4) is 0 Å². The summed E-state index contributed by atoms with van der Waals surface area (Å²) in [5.41, 5.74) is 2.66. The quantitative estimate of drug-likeness (QED) is 0.568. The van der Waals surface area contributed by atoms with E-state index in [4.69, 9.17) is 16.0 Å². The lowest BCUT2D eigenvalue weighted by Gasteiger charge is -2.02. The van der Waals surface area contributed by atoms with Crippen LogP contribution in [0, 0.1) is 6.92 Å². The monoisotopic (exact) mass is 362 g/mol. The zero-order valence-electron chi connectivity index (χ0n) is 11.3. The molecule has 106 valence electrons. The van der Waals surface area contributed by atoms with Gasteiger partial charge >= 0.3 is 0 Å². The number of hydrogen-bond acceptors (Lipinski definition) is 2. The number of rotatable bonds is 3. The van der Waals surface area contributed by atoms with E-state index < -0.39 is 0 Å². The van der Waals surface area contributed by atoms with Crippen molar-refractivity contribution >= 4 is 44.3 Å². The number of furan rings is 1. The van der Waals surface area contributed by atoms with E-state index in [2.05, 4.69) is 15.9 Å². The molecule has 0 aliphatic heterocycles. The zero-order valence-corrected chi connectivity index (χ0v) is 13.7. The normalized spacial score (nSPS) is 11.0. The molecule has 21 heavy (non-hydrogen) atoms. The van der Waals surface area contributed by atoms with Gasteiger partial charge in [-0.25, -0.2) is 0 Å². The molecule has 0 radical (unpaired) electrons. The van der Waals surface area contributed by atoms with Gasteiger partial charge in [-0.2, -0.15) is 0 Å². The number of ketones is 1. The third kappa shape index (κ3) is 3.04. The van der Waals surface area contributed by atoms with Gasteiger partial charge in [0.2, 0.25) is 5.78 Å². The fourth-order valence-electron chi connectivity index (χ4n) is 2.23. The van der Waals surface area contributed by atoms with Crippen molar-refractivity contribution in [3.8, 4) is 0 Å². The van der Waals surface area contributed by atoms with Crippen LogP contribution in [0.4, 0.5) is 0 Å². The van der Waals surface area contributed by atoms with E-state index in [-0.39, 0.29) is 12.2 Å². The molecule has 3 rings (SSSR count). The Kier molecular flexibility index (Phi) is 3.87. The maximum atomic E-state index is 12.3. The van der Waals surface area contributed by atoms with Gasteiger partial charge in [-0.15, -0.1) is 0 Å². The molecule has 1 heterocycles. The van der Waals surface area contributed by atoms with Crippen molar-refractivity contribution in [2.45, 2.75) is 13.3 Å². The number of carbonyl (C=O) groups excluding carboxylic acids is 1. The first kappa shape index (κ1) is 14.4. The van der Waals surface area contributed by atoms with Crippen molar-refractivity contribution in [3.63, 3.8) is 0 Å². The molecule has 0 N–H and O–H groups in total. The highest BCUT2D eigenvalue weighted by atomic mass is 79.9. The second kappa shape index (κ2) is 5.66. The molecule has 0 amide bonds. The van der Waals surface area contributed by atoms with Crippen LogP contribution in [0.15, 0.2) is 51.4 Å². The summed E-state index contributed by atoms with van der Waals surface area (Å²) in [6.07, 6.45) is 0.227. The second-order valence-electron chi connectivity index (χ2n) is 4.99. The van der Waals surface area contributed by atoms with Crippen LogP contribution in [0.1, 0.15) is 21.7 Å². The molecule has 0 bridgehead atoms. The summed E-state index contributed by atoms with van der Waals surface area (Å²) in [5.74, 6) is 0.294. The Balaban J connectivity index is 1.89. The first-order valence-corrected chi connectivity index (χ1v) is 7.67. The molecule has 2 nitrogen and oxygen atoms in total. The van der Waals surface area contributed by atoms with Gasteiger partial charge in [0.05, 0.1) is 0 Å². The standard InChI is InChI=1S/C17H12BrClO2/c1-10-2-5-16-12(6-10)8-17(21-16)15(20)7-11-3-4-13(18)9-14(11)19/h2-6,8-9H,7H2,1H3. The first-order valence-electron chi connectivity index (χ1n) is 6.50. The van der Waals surface area contributed by atoms with Gasteiger partial charge < -0.3 is 4.42 Å². The first-order chi connectivity index (χ1) is 10.0.